The number of amides is 1. The summed E-state index contributed by atoms with van der Waals surface area (Å²) in [6.07, 6.45) is 6.90. The first-order chi connectivity index (χ1) is 13.2. The number of halogens is 1. The highest BCUT2D eigenvalue weighted by atomic mass is 35.5. The minimum Gasteiger partial charge on any atom is -0.347 e. The predicted molar refractivity (Wildman–Crippen MR) is 105 cm³/mol. The van der Waals surface area contributed by atoms with E-state index in [0.29, 0.717) is 17.3 Å². The van der Waals surface area contributed by atoms with Gasteiger partial charge < -0.3 is 5.32 Å². The Morgan fingerprint density at radius 2 is 1.81 bits per heavy atom. The van der Waals surface area contributed by atoms with Gasteiger partial charge in [0.25, 0.3) is 5.91 Å². The van der Waals surface area contributed by atoms with Gasteiger partial charge in [0.1, 0.15) is 5.69 Å². The van der Waals surface area contributed by atoms with E-state index in [1.54, 1.807) is 30.9 Å². The number of hydrogen-bond donors (Lipinski definition) is 1. The second kappa shape index (κ2) is 7.51. The molecule has 0 fully saturated rings. The molecular weight excluding hydrogens is 360 g/mol. The number of fused-ring (bicyclic) bond motifs is 1. The summed E-state index contributed by atoms with van der Waals surface area (Å²) in [5.41, 5.74) is 3.80. The number of nitrogens with zero attached hydrogens (tertiary/aromatic N) is 3. The van der Waals surface area contributed by atoms with Crippen molar-refractivity contribution in [1.29, 1.82) is 0 Å². The smallest absolute Gasteiger partial charge is 0.270 e. The highest BCUT2D eigenvalue weighted by molar-refractivity contribution is 6.30. The fraction of sp³-hybridized carbons (Fsp3) is 0.0476. The number of aromatic nitrogens is 3. The third-order valence-corrected chi connectivity index (χ3v) is 4.41. The Morgan fingerprint density at radius 1 is 0.963 bits per heavy atom. The van der Waals surface area contributed by atoms with Crippen molar-refractivity contribution in [3.8, 4) is 11.1 Å². The van der Waals surface area contributed by atoms with E-state index in [1.165, 1.54) is 0 Å². The first-order valence-corrected chi connectivity index (χ1v) is 8.76. The number of rotatable bonds is 4. The lowest BCUT2D eigenvalue weighted by atomic mass is 10.0. The van der Waals surface area contributed by atoms with Crippen molar-refractivity contribution in [2.45, 2.75) is 6.54 Å². The monoisotopic (exact) mass is 374 g/mol. The molecule has 0 spiro atoms. The lowest BCUT2D eigenvalue weighted by molar-refractivity contribution is 0.0946. The van der Waals surface area contributed by atoms with Gasteiger partial charge in [-0.2, -0.15) is 0 Å². The van der Waals surface area contributed by atoms with E-state index < -0.39 is 0 Å². The van der Waals surface area contributed by atoms with Gasteiger partial charge >= 0.3 is 0 Å². The molecule has 0 aliphatic heterocycles. The first kappa shape index (κ1) is 17.1. The van der Waals surface area contributed by atoms with E-state index in [-0.39, 0.29) is 5.91 Å². The minimum absolute atomic E-state index is 0.236. The average molecular weight is 375 g/mol. The van der Waals surface area contributed by atoms with E-state index in [1.807, 2.05) is 42.5 Å². The van der Waals surface area contributed by atoms with Crippen LogP contribution in [-0.4, -0.2) is 20.9 Å². The maximum Gasteiger partial charge on any atom is 0.270 e. The topological polar surface area (TPSA) is 67.8 Å². The summed E-state index contributed by atoms with van der Waals surface area (Å²) in [6, 6.07) is 14.8. The molecule has 4 rings (SSSR count). The van der Waals surface area contributed by atoms with Crippen molar-refractivity contribution >= 4 is 28.4 Å². The summed E-state index contributed by atoms with van der Waals surface area (Å²) in [7, 11) is 0. The number of carbonyl (C=O) groups is 1. The highest BCUT2D eigenvalue weighted by Gasteiger charge is 2.11. The SMILES string of the molecule is O=C(NCc1cccnc1)c1ccc2cncc(-c3ccc(Cl)cc3)c2n1. The van der Waals surface area contributed by atoms with E-state index in [4.69, 9.17) is 11.6 Å². The second-order valence-corrected chi connectivity index (χ2v) is 6.44. The molecule has 0 unspecified atom stereocenters. The van der Waals surface area contributed by atoms with Crippen molar-refractivity contribution < 1.29 is 4.79 Å². The van der Waals surface area contributed by atoms with Crippen LogP contribution >= 0.6 is 11.6 Å². The Morgan fingerprint density at radius 3 is 2.59 bits per heavy atom. The first-order valence-electron chi connectivity index (χ1n) is 8.38. The Bertz CT molecular complexity index is 1100. The molecule has 1 amide bonds. The summed E-state index contributed by atoms with van der Waals surface area (Å²) in [5.74, 6) is -0.236. The maximum absolute atomic E-state index is 12.5. The van der Waals surface area contributed by atoms with Crippen LogP contribution in [0.3, 0.4) is 0 Å². The van der Waals surface area contributed by atoms with Gasteiger partial charge in [0, 0.05) is 47.3 Å². The number of carbonyl (C=O) groups excluding carboxylic acids is 1. The van der Waals surface area contributed by atoms with Crippen LogP contribution in [-0.2, 0) is 6.54 Å². The zero-order valence-electron chi connectivity index (χ0n) is 14.3. The molecule has 0 atom stereocenters. The summed E-state index contributed by atoms with van der Waals surface area (Å²) >= 11 is 5.98. The van der Waals surface area contributed by atoms with Crippen LogP contribution in [0.25, 0.3) is 22.0 Å². The van der Waals surface area contributed by atoms with E-state index in [2.05, 4.69) is 20.3 Å². The molecule has 0 saturated carbocycles. The third kappa shape index (κ3) is 3.78. The Hall–Kier alpha value is -3.31. The molecule has 3 heterocycles. The molecule has 0 bridgehead atoms. The zero-order valence-corrected chi connectivity index (χ0v) is 15.0. The normalized spacial score (nSPS) is 10.7. The van der Waals surface area contributed by atoms with Gasteiger partial charge in [-0.1, -0.05) is 29.8 Å². The predicted octanol–water partition coefficient (Wildman–Crippen LogP) is 4.28. The molecule has 0 aliphatic carbocycles. The van der Waals surface area contributed by atoms with Crippen LogP contribution in [0.4, 0.5) is 0 Å². The standard InChI is InChI=1S/C21H15ClN4O/c22-17-6-3-15(4-7-17)18-13-24-12-16-5-8-19(26-20(16)18)21(27)25-11-14-2-1-9-23-10-14/h1-10,12-13H,11H2,(H,25,27). The molecule has 0 saturated heterocycles. The van der Waals surface area contributed by atoms with Gasteiger partial charge in [0.05, 0.1) is 5.52 Å². The van der Waals surface area contributed by atoms with Crippen LogP contribution < -0.4 is 5.32 Å². The maximum atomic E-state index is 12.5. The lowest BCUT2D eigenvalue weighted by Gasteiger charge is -2.09. The Balaban J connectivity index is 1.65. The van der Waals surface area contributed by atoms with Crippen LogP contribution in [0, 0.1) is 0 Å². The summed E-state index contributed by atoms with van der Waals surface area (Å²) < 4.78 is 0. The van der Waals surface area contributed by atoms with Crippen molar-refractivity contribution in [3.05, 3.63) is 89.6 Å². The van der Waals surface area contributed by atoms with Gasteiger partial charge in [-0.05, 0) is 41.5 Å². The van der Waals surface area contributed by atoms with E-state index in [9.17, 15) is 4.79 Å². The number of pyridine rings is 3. The fourth-order valence-electron chi connectivity index (χ4n) is 2.79. The molecule has 27 heavy (non-hydrogen) atoms. The van der Waals surface area contributed by atoms with Crippen molar-refractivity contribution in [2.75, 3.05) is 0 Å². The zero-order chi connectivity index (χ0) is 18.6. The van der Waals surface area contributed by atoms with Crippen LogP contribution in [0.2, 0.25) is 5.02 Å². The van der Waals surface area contributed by atoms with Gasteiger partial charge in [0.15, 0.2) is 0 Å². The number of nitrogens with one attached hydrogen (secondary N) is 1. The lowest BCUT2D eigenvalue weighted by Crippen LogP contribution is -2.23. The van der Waals surface area contributed by atoms with Crippen molar-refractivity contribution in [1.82, 2.24) is 20.3 Å². The minimum atomic E-state index is -0.236. The molecule has 4 aromatic rings. The van der Waals surface area contributed by atoms with Crippen molar-refractivity contribution in [2.24, 2.45) is 0 Å². The van der Waals surface area contributed by atoms with Crippen LogP contribution in [0.5, 0.6) is 0 Å². The third-order valence-electron chi connectivity index (χ3n) is 4.16. The molecule has 0 aliphatic rings. The largest absolute Gasteiger partial charge is 0.347 e. The molecule has 3 aromatic heterocycles. The summed E-state index contributed by atoms with van der Waals surface area (Å²) in [6.45, 7) is 0.396. The highest BCUT2D eigenvalue weighted by Crippen LogP contribution is 2.27. The van der Waals surface area contributed by atoms with Gasteiger partial charge in [-0.25, -0.2) is 4.98 Å². The van der Waals surface area contributed by atoms with Crippen molar-refractivity contribution in [3.63, 3.8) is 0 Å². The molecule has 132 valence electrons. The van der Waals surface area contributed by atoms with Crippen LogP contribution in [0.15, 0.2) is 73.3 Å². The van der Waals surface area contributed by atoms with Gasteiger partial charge in [0.2, 0.25) is 0 Å². The Kier molecular flexibility index (Phi) is 4.77. The second-order valence-electron chi connectivity index (χ2n) is 6.01. The molecule has 1 N–H and O–H groups in total. The molecule has 6 heteroatoms. The number of hydrogen-bond acceptors (Lipinski definition) is 4. The van der Waals surface area contributed by atoms with Crippen LogP contribution in [0.1, 0.15) is 16.1 Å². The quantitative estimate of drug-likeness (QED) is 0.579. The van der Waals surface area contributed by atoms with E-state index >= 15 is 0 Å². The Labute approximate surface area is 161 Å². The van der Waals surface area contributed by atoms with Gasteiger partial charge in [-0.15, -0.1) is 0 Å². The summed E-state index contributed by atoms with van der Waals surface area (Å²) in [4.78, 5) is 25.4. The molecule has 0 radical (unpaired) electrons. The number of benzene rings is 1. The molecule has 1 aromatic carbocycles. The summed E-state index contributed by atoms with van der Waals surface area (Å²) in [5, 5.41) is 4.40. The fourth-order valence-corrected chi connectivity index (χ4v) is 2.91. The molecular formula is C21H15ClN4O. The molecule has 5 nitrogen and oxygen atoms in total. The van der Waals surface area contributed by atoms with Gasteiger partial charge in [-0.3, -0.25) is 14.8 Å². The average Bonchev–Trinajstić information content (AvgIpc) is 2.72. The van der Waals surface area contributed by atoms with E-state index in [0.717, 1.165) is 27.6 Å².